The van der Waals surface area contributed by atoms with Gasteiger partial charge in [0.25, 0.3) is 5.91 Å². The predicted octanol–water partition coefficient (Wildman–Crippen LogP) is 1.53. The van der Waals surface area contributed by atoms with Crippen LogP contribution in [-0.2, 0) is 4.74 Å². The largest absolute Gasteiger partial charge is 0.494 e. The minimum Gasteiger partial charge on any atom is -0.494 e. The Balaban J connectivity index is 1.78. The van der Waals surface area contributed by atoms with E-state index in [1.54, 1.807) is 6.07 Å². The third-order valence-electron chi connectivity index (χ3n) is 4.89. The molecule has 1 aliphatic rings. The van der Waals surface area contributed by atoms with Crippen molar-refractivity contribution in [3.8, 4) is 5.75 Å². The standard InChI is InChI=1S/C21H25FN2O3/c1-15-3-5-16(6-4-15)19(14-24-9-11-27-12-10-24)23-21(25)17-7-8-20(26-2)18(22)13-17/h3-8,13,19H,9-12,14H2,1-2H3,(H,23,25)/p+1/t19-/m1/s1. The molecule has 2 aromatic carbocycles. The molecule has 1 fully saturated rings. The molecule has 0 aliphatic carbocycles. The Hall–Kier alpha value is -2.44. The highest BCUT2D eigenvalue weighted by Gasteiger charge is 2.23. The Labute approximate surface area is 159 Å². The van der Waals surface area contributed by atoms with Crippen molar-refractivity contribution in [3.63, 3.8) is 0 Å². The van der Waals surface area contributed by atoms with Crippen molar-refractivity contribution in [2.24, 2.45) is 0 Å². The molecule has 1 amide bonds. The van der Waals surface area contributed by atoms with E-state index in [1.807, 2.05) is 31.2 Å². The van der Waals surface area contributed by atoms with E-state index in [2.05, 4.69) is 5.32 Å². The zero-order valence-electron chi connectivity index (χ0n) is 15.8. The van der Waals surface area contributed by atoms with Gasteiger partial charge in [-0.2, -0.15) is 0 Å². The fourth-order valence-corrected chi connectivity index (χ4v) is 3.25. The summed E-state index contributed by atoms with van der Waals surface area (Å²) < 4.78 is 24.3. The lowest BCUT2D eigenvalue weighted by Gasteiger charge is -2.28. The van der Waals surface area contributed by atoms with Gasteiger partial charge in [0.05, 0.1) is 20.3 Å². The van der Waals surface area contributed by atoms with Crippen LogP contribution in [-0.4, -0.2) is 45.9 Å². The molecule has 3 rings (SSSR count). The van der Waals surface area contributed by atoms with E-state index in [0.717, 1.165) is 38.4 Å². The summed E-state index contributed by atoms with van der Waals surface area (Å²) in [5, 5.41) is 3.07. The van der Waals surface area contributed by atoms with E-state index >= 15 is 0 Å². The molecule has 1 saturated heterocycles. The molecular formula is C21H26FN2O3+. The molecule has 1 aliphatic heterocycles. The fourth-order valence-electron chi connectivity index (χ4n) is 3.25. The minimum atomic E-state index is -0.546. The fraction of sp³-hybridized carbons (Fsp3) is 0.381. The zero-order chi connectivity index (χ0) is 19.2. The van der Waals surface area contributed by atoms with Gasteiger partial charge in [-0.05, 0) is 30.7 Å². The second-order valence-corrected chi connectivity index (χ2v) is 6.85. The Kier molecular flexibility index (Phi) is 6.42. The van der Waals surface area contributed by atoms with E-state index in [-0.39, 0.29) is 23.3 Å². The smallest absolute Gasteiger partial charge is 0.252 e. The van der Waals surface area contributed by atoms with Crippen molar-refractivity contribution < 1.29 is 23.6 Å². The highest BCUT2D eigenvalue weighted by molar-refractivity contribution is 5.94. The number of rotatable bonds is 6. The summed E-state index contributed by atoms with van der Waals surface area (Å²) in [6.07, 6.45) is 0. The number of amides is 1. The molecule has 0 aromatic heterocycles. The van der Waals surface area contributed by atoms with Gasteiger partial charge in [0.15, 0.2) is 11.6 Å². The first-order valence-corrected chi connectivity index (χ1v) is 9.19. The molecule has 6 heteroatoms. The number of hydrogen-bond donors (Lipinski definition) is 2. The Morgan fingerprint density at radius 2 is 1.93 bits per heavy atom. The topological polar surface area (TPSA) is 52.0 Å². The summed E-state index contributed by atoms with van der Waals surface area (Å²) in [7, 11) is 1.40. The van der Waals surface area contributed by atoms with Crippen LogP contribution in [0.15, 0.2) is 42.5 Å². The highest BCUT2D eigenvalue weighted by Crippen LogP contribution is 2.19. The van der Waals surface area contributed by atoms with Gasteiger partial charge in [-0.1, -0.05) is 29.8 Å². The van der Waals surface area contributed by atoms with E-state index in [9.17, 15) is 9.18 Å². The normalized spacial score (nSPS) is 16.0. The van der Waals surface area contributed by atoms with Crippen molar-refractivity contribution >= 4 is 5.91 Å². The number of quaternary nitrogens is 1. The number of nitrogens with one attached hydrogen (secondary N) is 2. The SMILES string of the molecule is COc1ccc(C(=O)N[C@H](C[NH+]2CCOCC2)c2ccc(C)cc2)cc1F. The van der Waals surface area contributed by atoms with Gasteiger partial charge in [0.1, 0.15) is 25.7 Å². The molecule has 1 atom stereocenters. The number of hydrogen-bond acceptors (Lipinski definition) is 3. The molecule has 5 nitrogen and oxygen atoms in total. The third kappa shape index (κ3) is 5.05. The summed E-state index contributed by atoms with van der Waals surface area (Å²) in [4.78, 5) is 14.1. The van der Waals surface area contributed by atoms with E-state index in [1.165, 1.54) is 29.7 Å². The number of ether oxygens (including phenoxy) is 2. The highest BCUT2D eigenvalue weighted by atomic mass is 19.1. The van der Waals surface area contributed by atoms with Crippen molar-refractivity contribution in [3.05, 3.63) is 65.0 Å². The average Bonchev–Trinajstić information content (AvgIpc) is 2.68. The molecule has 0 bridgehead atoms. The molecule has 0 radical (unpaired) electrons. The number of methoxy groups -OCH3 is 1. The summed E-state index contributed by atoms with van der Waals surface area (Å²) >= 11 is 0. The van der Waals surface area contributed by atoms with Gasteiger partial charge in [-0.3, -0.25) is 4.79 Å². The van der Waals surface area contributed by atoms with Gasteiger partial charge in [0.2, 0.25) is 0 Å². The Morgan fingerprint density at radius 1 is 1.22 bits per heavy atom. The van der Waals surface area contributed by atoms with Crippen LogP contribution in [0.1, 0.15) is 27.5 Å². The molecule has 0 unspecified atom stereocenters. The van der Waals surface area contributed by atoms with Crippen molar-refractivity contribution in [2.75, 3.05) is 40.0 Å². The second kappa shape index (κ2) is 8.97. The Morgan fingerprint density at radius 3 is 2.56 bits per heavy atom. The van der Waals surface area contributed by atoms with Crippen molar-refractivity contribution in [1.82, 2.24) is 5.32 Å². The number of halogens is 1. The zero-order valence-corrected chi connectivity index (χ0v) is 15.8. The maximum atomic E-state index is 14.0. The number of aryl methyl sites for hydroxylation is 1. The molecule has 1 heterocycles. The number of carbonyl (C=O) groups excluding carboxylic acids is 1. The first-order chi connectivity index (χ1) is 13.1. The third-order valence-corrected chi connectivity index (χ3v) is 4.89. The van der Waals surface area contributed by atoms with Crippen LogP contribution in [0.25, 0.3) is 0 Å². The van der Waals surface area contributed by atoms with E-state index in [0.29, 0.717) is 0 Å². The second-order valence-electron chi connectivity index (χ2n) is 6.85. The summed E-state index contributed by atoms with van der Waals surface area (Å²) in [6.45, 7) is 6.08. The predicted molar refractivity (Wildman–Crippen MR) is 101 cm³/mol. The van der Waals surface area contributed by atoms with Crippen LogP contribution in [0.5, 0.6) is 5.75 Å². The van der Waals surface area contributed by atoms with Crippen LogP contribution < -0.4 is 15.0 Å². The van der Waals surface area contributed by atoms with Gasteiger partial charge in [-0.25, -0.2) is 4.39 Å². The van der Waals surface area contributed by atoms with Crippen LogP contribution >= 0.6 is 0 Å². The molecule has 2 aromatic rings. The molecule has 27 heavy (non-hydrogen) atoms. The lowest BCUT2D eigenvalue weighted by Crippen LogP contribution is -3.14. The Bertz CT molecular complexity index is 773. The van der Waals surface area contributed by atoms with E-state index in [4.69, 9.17) is 9.47 Å². The van der Waals surface area contributed by atoms with Crippen LogP contribution in [0.3, 0.4) is 0 Å². The summed E-state index contributed by atoms with van der Waals surface area (Å²) in [5.41, 5.74) is 2.49. The maximum absolute atomic E-state index is 14.0. The number of benzene rings is 2. The minimum absolute atomic E-state index is 0.124. The lowest BCUT2D eigenvalue weighted by atomic mass is 10.0. The van der Waals surface area contributed by atoms with Crippen LogP contribution in [0.4, 0.5) is 4.39 Å². The van der Waals surface area contributed by atoms with Crippen LogP contribution in [0.2, 0.25) is 0 Å². The quantitative estimate of drug-likeness (QED) is 0.808. The van der Waals surface area contributed by atoms with Crippen molar-refractivity contribution in [1.29, 1.82) is 0 Å². The molecule has 144 valence electrons. The van der Waals surface area contributed by atoms with E-state index < -0.39 is 5.82 Å². The van der Waals surface area contributed by atoms with Gasteiger partial charge < -0.3 is 19.7 Å². The van der Waals surface area contributed by atoms with Crippen LogP contribution in [0, 0.1) is 12.7 Å². The van der Waals surface area contributed by atoms with Crippen molar-refractivity contribution in [2.45, 2.75) is 13.0 Å². The first kappa shape index (κ1) is 19.3. The monoisotopic (exact) mass is 373 g/mol. The number of carbonyl (C=O) groups is 1. The number of morpholine rings is 1. The average molecular weight is 373 g/mol. The summed E-state index contributed by atoms with van der Waals surface area (Å²) in [5.74, 6) is -0.718. The molecule has 0 saturated carbocycles. The maximum Gasteiger partial charge on any atom is 0.252 e. The van der Waals surface area contributed by atoms with Gasteiger partial charge >= 0.3 is 0 Å². The molecule has 0 spiro atoms. The molecule has 2 N–H and O–H groups in total. The summed E-state index contributed by atoms with van der Waals surface area (Å²) in [6, 6.07) is 12.2. The first-order valence-electron chi connectivity index (χ1n) is 9.19. The van der Waals surface area contributed by atoms with Gasteiger partial charge in [-0.15, -0.1) is 0 Å². The van der Waals surface area contributed by atoms with Gasteiger partial charge in [0, 0.05) is 5.56 Å². The lowest BCUT2D eigenvalue weighted by molar-refractivity contribution is -0.909. The molecular weight excluding hydrogens is 347 g/mol.